The number of halogens is 2. The number of fused-ring (bicyclic) bond motifs is 1. The number of para-hydroxylation sites is 1. The van der Waals surface area contributed by atoms with Gasteiger partial charge < -0.3 is 10.1 Å². The predicted octanol–water partition coefficient (Wildman–Crippen LogP) is 9.28. The van der Waals surface area contributed by atoms with Crippen LogP contribution in [0.3, 0.4) is 0 Å². The van der Waals surface area contributed by atoms with Gasteiger partial charge in [-0.15, -0.1) is 0 Å². The molecule has 0 bridgehead atoms. The molecule has 1 heterocycles. The molecule has 0 spiro atoms. The second-order valence-corrected chi connectivity index (χ2v) is 12.0. The Hall–Kier alpha value is -4.72. The van der Waals surface area contributed by atoms with Crippen LogP contribution in [0.2, 0.25) is 10.0 Å². The van der Waals surface area contributed by atoms with Crippen LogP contribution in [0.4, 0.5) is 5.69 Å². The summed E-state index contributed by atoms with van der Waals surface area (Å²) in [5.41, 5.74) is 8.76. The van der Waals surface area contributed by atoms with Crippen LogP contribution in [-0.4, -0.2) is 29.1 Å². The number of amides is 2. The highest BCUT2D eigenvalue weighted by Crippen LogP contribution is 2.28. The third-order valence-electron chi connectivity index (χ3n) is 7.42. The molecule has 9 heteroatoms. The number of ether oxygens (including phenoxy) is 1. The standard InChI is InChI=1S/C37H34Cl2N4O3/c1-23(2)25-13-15-26(16-14-25)34-22-31(30-10-4-5-11-33(30)41-34)37(45)43-42-24(3)27-8-6-9-29(20-27)40-36(44)12-7-19-46-35-18-17-28(38)21-32(35)39/h4-6,8-11,13-18,20-23H,7,12,19H2,1-3H3,(H,40,44)(H,43,45)/b42-24+. The summed E-state index contributed by atoms with van der Waals surface area (Å²) in [6, 6.07) is 29.9. The normalized spacial score (nSPS) is 11.5. The zero-order valence-electron chi connectivity index (χ0n) is 25.8. The van der Waals surface area contributed by atoms with Crippen LogP contribution in [0.1, 0.15) is 61.0 Å². The van der Waals surface area contributed by atoms with E-state index in [-0.39, 0.29) is 18.2 Å². The first-order valence-electron chi connectivity index (χ1n) is 15.0. The van der Waals surface area contributed by atoms with Crippen LogP contribution >= 0.6 is 23.2 Å². The Morgan fingerprint density at radius 1 is 0.913 bits per heavy atom. The zero-order chi connectivity index (χ0) is 32.6. The highest BCUT2D eigenvalue weighted by molar-refractivity contribution is 6.35. The largest absolute Gasteiger partial charge is 0.492 e. The lowest BCUT2D eigenvalue weighted by Gasteiger charge is -2.11. The molecule has 0 saturated carbocycles. The molecule has 0 aliphatic carbocycles. The average molecular weight is 654 g/mol. The molecule has 5 aromatic rings. The van der Waals surface area contributed by atoms with Crippen molar-refractivity contribution in [3.8, 4) is 17.0 Å². The molecule has 0 unspecified atom stereocenters. The maximum absolute atomic E-state index is 13.5. The monoisotopic (exact) mass is 652 g/mol. The van der Waals surface area contributed by atoms with Gasteiger partial charge in [-0.2, -0.15) is 5.10 Å². The Balaban J connectivity index is 1.23. The van der Waals surface area contributed by atoms with E-state index >= 15 is 0 Å². The summed E-state index contributed by atoms with van der Waals surface area (Å²) in [6.07, 6.45) is 0.772. The number of nitrogens with zero attached hydrogens (tertiary/aromatic N) is 2. The summed E-state index contributed by atoms with van der Waals surface area (Å²) >= 11 is 12.0. The van der Waals surface area contributed by atoms with Gasteiger partial charge in [0.1, 0.15) is 5.75 Å². The fraction of sp³-hybridized carbons (Fsp3) is 0.189. The van der Waals surface area contributed by atoms with Gasteiger partial charge in [-0.05, 0) is 72.9 Å². The number of anilines is 1. The third-order valence-corrected chi connectivity index (χ3v) is 7.95. The van der Waals surface area contributed by atoms with Crippen molar-refractivity contribution in [1.82, 2.24) is 10.4 Å². The lowest BCUT2D eigenvalue weighted by Crippen LogP contribution is -2.20. The summed E-state index contributed by atoms with van der Waals surface area (Å²) in [6.45, 7) is 6.44. The molecule has 1 aromatic heterocycles. The fourth-order valence-corrected chi connectivity index (χ4v) is 5.32. The van der Waals surface area contributed by atoms with E-state index in [0.717, 1.165) is 22.0 Å². The van der Waals surface area contributed by atoms with Crippen molar-refractivity contribution in [2.24, 2.45) is 5.10 Å². The first-order chi connectivity index (χ1) is 22.2. The Kier molecular flexibility index (Phi) is 10.7. The number of nitrogens with one attached hydrogen (secondary N) is 2. The lowest BCUT2D eigenvalue weighted by molar-refractivity contribution is -0.116. The maximum Gasteiger partial charge on any atom is 0.272 e. The van der Waals surface area contributed by atoms with Crippen LogP contribution in [0.15, 0.2) is 102 Å². The van der Waals surface area contributed by atoms with E-state index in [1.165, 1.54) is 5.56 Å². The number of hydrogen-bond acceptors (Lipinski definition) is 5. The van der Waals surface area contributed by atoms with Crippen molar-refractivity contribution in [2.45, 2.75) is 39.5 Å². The van der Waals surface area contributed by atoms with Crippen molar-refractivity contribution in [1.29, 1.82) is 0 Å². The minimum Gasteiger partial charge on any atom is -0.492 e. The SMILES string of the molecule is C/C(=N\NC(=O)c1cc(-c2ccc(C(C)C)cc2)nc2ccccc12)c1cccc(NC(=O)CCCOc2ccc(Cl)cc2Cl)c1. The number of pyridine rings is 1. The number of benzene rings is 4. The molecular formula is C37H34Cl2N4O3. The van der Waals surface area contributed by atoms with Crippen LogP contribution < -0.4 is 15.5 Å². The van der Waals surface area contributed by atoms with E-state index in [1.807, 2.05) is 54.6 Å². The van der Waals surface area contributed by atoms with E-state index in [9.17, 15) is 9.59 Å². The van der Waals surface area contributed by atoms with Gasteiger partial charge >= 0.3 is 0 Å². The summed E-state index contributed by atoms with van der Waals surface area (Å²) in [4.78, 5) is 30.8. The second kappa shape index (κ2) is 15.0. The molecule has 4 aromatic carbocycles. The van der Waals surface area contributed by atoms with Crippen LogP contribution in [0.25, 0.3) is 22.2 Å². The number of hydrogen-bond donors (Lipinski definition) is 2. The van der Waals surface area contributed by atoms with Gasteiger partial charge in [0.15, 0.2) is 0 Å². The Bertz CT molecular complexity index is 1910. The quantitative estimate of drug-likeness (QED) is 0.0845. The van der Waals surface area contributed by atoms with E-state index in [1.54, 1.807) is 37.3 Å². The summed E-state index contributed by atoms with van der Waals surface area (Å²) in [5, 5.41) is 8.98. The number of aromatic nitrogens is 1. The van der Waals surface area contributed by atoms with E-state index in [2.05, 4.69) is 41.8 Å². The fourth-order valence-electron chi connectivity index (χ4n) is 4.86. The van der Waals surface area contributed by atoms with Gasteiger partial charge in [-0.1, -0.05) is 91.6 Å². The maximum atomic E-state index is 13.5. The van der Waals surface area contributed by atoms with Gasteiger partial charge in [-0.3, -0.25) is 9.59 Å². The molecule has 46 heavy (non-hydrogen) atoms. The van der Waals surface area contributed by atoms with Crippen LogP contribution in [0, 0.1) is 0 Å². The number of carbonyl (C=O) groups is 2. The Morgan fingerprint density at radius 2 is 1.70 bits per heavy atom. The first-order valence-corrected chi connectivity index (χ1v) is 15.8. The highest BCUT2D eigenvalue weighted by atomic mass is 35.5. The topological polar surface area (TPSA) is 92.7 Å². The summed E-state index contributed by atoms with van der Waals surface area (Å²) in [5.74, 6) is 0.453. The van der Waals surface area contributed by atoms with Crippen molar-refractivity contribution in [2.75, 3.05) is 11.9 Å². The molecule has 5 rings (SSSR count). The minimum absolute atomic E-state index is 0.148. The molecule has 0 atom stereocenters. The second-order valence-electron chi connectivity index (χ2n) is 11.1. The van der Waals surface area contributed by atoms with E-state index < -0.39 is 0 Å². The highest BCUT2D eigenvalue weighted by Gasteiger charge is 2.15. The Labute approximate surface area is 278 Å². The molecule has 0 aliphatic rings. The number of rotatable bonds is 11. The summed E-state index contributed by atoms with van der Waals surface area (Å²) < 4.78 is 5.66. The summed E-state index contributed by atoms with van der Waals surface area (Å²) in [7, 11) is 0. The molecule has 2 amide bonds. The van der Waals surface area contributed by atoms with Crippen LogP contribution in [0.5, 0.6) is 5.75 Å². The molecule has 0 saturated heterocycles. The molecule has 7 nitrogen and oxygen atoms in total. The molecule has 0 radical (unpaired) electrons. The molecular weight excluding hydrogens is 619 g/mol. The van der Waals surface area contributed by atoms with E-state index in [4.69, 9.17) is 32.9 Å². The first kappa shape index (κ1) is 32.7. The van der Waals surface area contributed by atoms with Gasteiger partial charge in [-0.25, -0.2) is 10.4 Å². The zero-order valence-corrected chi connectivity index (χ0v) is 27.3. The average Bonchev–Trinajstić information content (AvgIpc) is 3.05. The van der Waals surface area contributed by atoms with Crippen molar-refractivity contribution >= 4 is 57.3 Å². The van der Waals surface area contributed by atoms with Gasteiger partial charge in [0.25, 0.3) is 5.91 Å². The molecule has 2 N–H and O–H groups in total. The van der Waals surface area contributed by atoms with E-state index in [0.29, 0.717) is 57.4 Å². The number of carbonyl (C=O) groups excluding carboxylic acids is 2. The molecule has 234 valence electrons. The minimum atomic E-state index is -0.343. The van der Waals surface area contributed by atoms with Gasteiger partial charge in [0.05, 0.1) is 34.1 Å². The predicted molar refractivity (Wildman–Crippen MR) is 187 cm³/mol. The van der Waals surface area contributed by atoms with Gasteiger partial charge in [0.2, 0.25) is 5.91 Å². The Morgan fingerprint density at radius 3 is 2.46 bits per heavy atom. The van der Waals surface area contributed by atoms with Crippen molar-refractivity contribution in [3.63, 3.8) is 0 Å². The lowest BCUT2D eigenvalue weighted by atomic mass is 9.99. The third kappa shape index (κ3) is 8.30. The number of hydrazone groups is 1. The van der Waals surface area contributed by atoms with Crippen LogP contribution in [-0.2, 0) is 4.79 Å². The molecule has 0 aliphatic heterocycles. The smallest absolute Gasteiger partial charge is 0.272 e. The molecule has 0 fully saturated rings. The van der Waals surface area contributed by atoms with Gasteiger partial charge in [0, 0.05) is 28.1 Å². The van der Waals surface area contributed by atoms with Crippen molar-refractivity contribution < 1.29 is 14.3 Å². The van der Waals surface area contributed by atoms with Crippen molar-refractivity contribution in [3.05, 3.63) is 124 Å².